The first-order valence-corrected chi connectivity index (χ1v) is 14.6. The van der Waals surface area contributed by atoms with Crippen LogP contribution in [0.3, 0.4) is 0 Å². The summed E-state index contributed by atoms with van der Waals surface area (Å²) in [4.78, 5) is 2.86. The molecule has 1 aliphatic rings. The number of rotatable bonds is 8. The van der Waals surface area contributed by atoms with E-state index >= 15 is 0 Å². The topological polar surface area (TPSA) is 123 Å². The van der Waals surface area contributed by atoms with Crippen LogP contribution in [0.15, 0.2) is 25.1 Å². The van der Waals surface area contributed by atoms with Crippen molar-refractivity contribution in [1.29, 1.82) is 0 Å². The summed E-state index contributed by atoms with van der Waals surface area (Å²) in [6, 6.07) is 4.01. The van der Waals surface area contributed by atoms with Crippen molar-refractivity contribution in [1.82, 2.24) is 9.62 Å². The van der Waals surface area contributed by atoms with Crippen LogP contribution in [0.25, 0.3) is 0 Å². The highest BCUT2D eigenvalue weighted by molar-refractivity contribution is 7.91. The number of thiophene rings is 2. The summed E-state index contributed by atoms with van der Waals surface area (Å²) in [5, 5.41) is 17.1. The van der Waals surface area contributed by atoms with Gasteiger partial charge in [0.25, 0.3) is 21.2 Å². The third kappa shape index (κ3) is 5.32. The van der Waals surface area contributed by atoms with Crippen molar-refractivity contribution in [2.45, 2.75) is 51.8 Å². The van der Waals surface area contributed by atoms with Crippen LogP contribution in [0.5, 0.6) is 5.75 Å². The first-order chi connectivity index (χ1) is 15.5. The Morgan fingerprint density at radius 1 is 1.12 bits per heavy atom. The summed E-state index contributed by atoms with van der Waals surface area (Å²) in [5.74, 6) is 0.327. The highest BCUT2D eigenvalue weighted by atomic mass is 32.2. The van der Waals surface area contributed by atoms with Crippen LogP contribution in [0.2, 0.25) is 0 Å². The van der Waals surface area contributed by atoms with Crippen LogP contribution >= 0.6 is 22.7 Å². The van der Waals surface area contributed by atoms with E-state index in [0.29, 0.717) is 23.8 Å². The molecule has 13 heteroatoms. The highest BCUT2D eigenvalue weighted by Crippen LogP contribution is 2.43. The Balaban J connectivity index is 1.90. The van der Waals surface area contributed by atoms with Gasteiger partial charge in [0.1, 0.15) is 0 Å². The van der Waals surface area contributed by atoms with Gasteiger partial charge in [0.05, 0.1) is 11.7 Å². The van der Waals surface area contributed by atoms with Gasteiger partial charge in [0.15, 0.2) is 21.6 Å². The predicted octanol–water partition coefficient (Wildman–Crippen LogP) is 3.95. The second-order valence-electron chi connectivity index (χ2n) is 7.81. The summed E-state index contributed by atoms with van der Waals surface area (Å²) in [5.41, 5.74) is 0.214. The lowest BCUT2D eigenvalue weighted by atomic mass is 10.0. The standard InChI is InChI=1S/C20H29N5O4S4/c1-7-25(8-2)33(28,29)20-17(26)16(13(6)31-20)22-19-18(23-32(27)24-19)21-15(11(3)4)14-10-9-12(5)30-14/h9-11,15,26H,7-8H2,1-6H3,(H,21,23)(H,22,24)/t15-,32?/m1/s1. The summed E-state index contributed by atoms with van der Waals surface area (Å²) in [7, 11) is -3.84. The third-order valence-electron chi connectivity index (χ3n) is 5.14. The van der Waals surface area contributed by atoms with Gasteiger partial charge in [0.2, 0.25) is 0 Å². The van der Waals surface area contributed by atoms with Crippen molar-refractivity contribution in [3.63, 3.8) is 0 Å². The Kier molecular flexibility index (Phi) is 7.99. The largest absolute Gasteiger partial charge is 0.504 e. The molecule has 0 fully saturated rings. The molecule has 3 N–H and O–H groups in total. The molecule has 0 bridgehead atoms. The van der Waals surface area contributed by atoms with E-state index < -0.39 is 21.2 Å². The van der Waals surface area contributed by atoms with Gasteiger partial charge in [-0.1, -0.05) is 27.7 Å². The summed E-state index contributed by atoms with van der Waals surface area (Å²) in [6.45, 7) is 12.0. The minimum Gasteiger partial charge on any atom is -0.504 e. The summed E-state index contributed by atoms with van der Waals surface area (Å²) < 4.78 is 47.3. The fourth-order valence-electron chi connectivity index (χ4n) is 3.40. The number of anilines is 1. The maximum Gasteiger partial charge on any atom is 0.269 e. The number of nitrogens with zero attached hydrogens (tertiary/aromatic N) is 3. The fourth-order valence-corrected chi connectivity index (χ4v) is 8.23. The molecule has 0 saturated carbocycles. The lowest BCUT2D eigenvalue weighted by molar-refractivity contribution is 0.434. The lowest BCUT2D eigenvalue weighted by Gasteiger charge is -2.22. The van der Waals surface area contributed by atoms with Gasteiger partial charge in [-0.3, -0.25) is 0 Å². The van der Waals surface area contributed by atoms with Crippen molar-refractivity contribution in [2.24, 2.45) is 14.7 Å². The van der Waals surface area contributed by atoms with Crippen molar-refractivity contribution in [2.75, 3.05) is 18.4 Å². The quantitative estimate of drug-likeness (QED) is 0.474. The van der Waals surface area contributed by atoms with Crippen LogP contribution in [0.1, 0.15) is 48.4 Å². The van der Waals surface area contributed by atoms with Crippen LogP contribution in [0.4, 0.5) is 5.69 Å². The number of hydrogen-bond acceptors (Lipinski definition) is 8. The number of aromatic hydroxyl groups is 1. The fraction of sp³-hybridized carbons (Fsp3) is 0.500. The normalized spacial score (nSPS) is 17.4. The molecule has 0 spiro atoms. The zero-order valence-electron chi connectivity index (χ0n) is 19.4. The van der Waals surface area contributed by atoms with E-state index in [2.05, 4.69) is 33.3 Å². The smallest absolute Gasteiger partial charge is 0.269 e. The Hall–Kier alpha value is -1.80. The van der Waals surface area contributed by atoms with Gasteiger partial charge >= 0.3 is 0 Å². The summed E-state index contributed by atoms with van der Waals surface area (Å²) in [6.07, 6.45) is 0. The van der Waals surface area contributed by atoms with Crippen molar-refractivity contribution in [3.05, 3.63) is 26.8 Å². The van der Waals surface area contributed by atoms with Gasteiger partial charge in [-0.25, -0.2) is 12.6 Å². The van der Waals surface area contributed by atoms with E-state index in [0.717, 1.165) is 16.2 Å². The van der Waals surface area contributed by atoms with E-state index in [1.54, 1.807) is 32.1 Å². The van der Waals surface area contributed by atoms with E-state index in [4.69, 9.17) is 0 Å². The van der Waals surface area contributed by atoms with E-state index in [1.807, 2.05) is 19.1 Å². The number of hydrogen-bond donors (Lipinski definition) is 3. The Bertz CT molecular complexity index is 1210. The Morgan fingerprint density at radius 3 is 2.30 bits per heavy atom. The second-order valence-corrected chi connectivity index (χ2v) is 13.3. The highest BCUT2D eigenvalue weighted by Gasteiger charge is 2.32. The maximum absolute atomic E-state index is 12.9. The molecule has 2 aromatic rings. The van der Waals surface area contributed by atoms with Gasteiger partial charge in [-0.05, 0) is 31.9 Å². The maximum atomic E-state index is 12.9. The van der Waals surface area contributed by atoms with Crippen LogP contribution in [0, 0.1) is 19.8 Å². The number of amidine groups is 2. The number of aryl methyl sites for hydroxylation is 2. The van der Waals surface area contributed by atoms with Gasteiger partial charge < -0.3 is 15.7 Å². The molecule has 33 heavy (non-hydrogen) atoms. The molecule has 2 atom stereocenters. The molecule has 0 saturated heterocycles. The zero-order valence-corrected chi connectivity index (χ0v) is 22.6. The minimum absolute atomic E-state index is 0.0830. The number of nitrogens with one attached hydrogen (secondary N) is 2. The molecule has 1 aliphatic heterocycles. The van der Waals surface area contributed by atoms with Gasteiger partial charge in [-0.15, -0.1) is 31.5 Å². The molecule has 0 amide bonds. The van der Waals surface area contributed by atoms with Crippen molar-refractivity contribution in [3.8, 4) is 5.75 Å². The van der Waals surface area contributed by atoms with E-state index in [-0.39, 0.29) is 33.4 Å². The van der Waals surface area contributed by atoms with Crippen LogP contribution < -0.4 is 10.6 Å². The Labute approximate surface area is 205 Å². The molecule has 2 aromatic heterocycles. The molecule has 3 rings (SSSR count). The van der Waals surface area contributed by atoms with E-state index in [9.17, 15) is 17.7 Å². The number of sulfonamides is 1. The molecule has 0 radical (unpaired) electrons. The van der Waals surface area contributed by atoms with Crippen molar-refractivity contribution >= 4 is 61.2 Å². The van der Waals surface area contributed by atoms with Crippen LogP contribution in [-0.4, -0.2) is 46.8 Å². The van der Waals surface area contributed by atoms with Gasteiger partial charge in [0, 0.05) is 27.7 Å². The molecule has 3 heterocycles. The molecular formula is C20H29N5O4S4. The predicted molar refractivity (Wildman–Crippen MR) is 137 cm³/mol. The van der Waals surface area contributed by atoms with E-state index in [1.165, 1.54) is 9.18 Å². The average Bonchev–Trinajstić information content (AvgIpc) is 3.40. The lowest BCUT2D eigenvalue weighted by Crippen LogP contribution is -2.38. The molecule has 0 aliphatic carbocycles. The molecule has 1 unspecified atom stereocenters. The molecule has 9 nitrogen and oxygen atoms in total. The first kappa shape index (κ1) is 25.8. The van der Waals surface area contributed by atoms with Crippen molar-refractivity contribution < 1.29 is 17.7 Å². The SMILES string of the molecule is CCN(CC)S(=O)(=O)c1sc(C)c(NC2=NS(=O)N=C2N[C@@H](c2ccc(C)s2)C(C)C)c1O. The summed E-state index contributed by atoms with van der Waals surface area (Å²) >= 11 is 0.826. The average molecular weight is 532 g/mol. The Morgan fingerprint density at radius 2 is 1.76 bits per heavy atom. The molecule has 0 aromatic carbocycles. The zero-order chi connectivity index (χ0) is 24.5. The van der Waals surface area contributed by atoms with Gasteiger partial charge in [-0.2, -0.15) is 4.31 Å². The molecule has 182 valence electrons. The second kappa shape index (κ2) is 10.2. The third-order valence-corrected chi connectivity index (χ3v) is 10.5. The first-order valence-electron chi connectivity index (χ1n) is 10.5. The molecular weight excluding hydrogens is 503 g/mol. The van der Waals surface area contributed by atoms with Crippen LogP contribution in [-0.2, 0) is 21.2 Å². The minimum atomic E-state index is -3.84. The monoisotopic (exact) mass is 531 g/mol.